The highest BCUT2D eigenvalue weighted by molar-refractivity contribution is 6.09. The molecule has 1 heterocycles. The molecule has 2 aromatic rings. The summed E-state index contributed by atoms with van der Waals surface area (Å²) in [7, 11) is 1.93. The van der Waals surface area contributed by atoms with Crippen LogP contribution in [0.25, 0.3) is 0 Å². The molecule has 4 rings (SSSR count). The number of benzene rings is 2. The fraction of sp³-hybridized carbons (Fsp3) is 0.364. The van der Waals surface area contributed by atoms with E-state index in [0.717, 1.165) is 30.4 Å². The van der Waals surface area contributed by atoms with Crippen LogP contribution in [0.4, 0.5) is 0 Å². The van der Waals surface area contributed by atoms with Crippen LogP contribution in [0.3, 0.4) is 0 Å². The zero-order valence-corrected chi connectivity index (χ0v) is 14.8. The first-order valence-electron chi connectivity index (χ1n) is 8.99. The lowest BCUT2D eigenvalue weighted by atomic mass is 9.63. The number of rotatable bonds is 2. The molecular formula is C22H23NO2. The number of carbonyl (C=O) groups excluding carboxylic acids is 2. The van der Waals surface area contributed by atoms with Gasteiger partial charge in [-0.3, -0.25) is 9.59 Å². The number of fused-ring (bicyclic) bond motifs is 3. The highest BCUT2D eigenvalue weighted by atomic mass is 16.2. The van der Waals surface area contributed by atoms with Crippen molar-refractivity contribution in [3.8, 4) is 0 Å². The molecule has 0 N–H and O–H groups in total. The van der Waals surface area contributed by atoms with Crippen molar-refractivity contribution in [3.05, 3.63) is 70.8 Å². The fourth-order valence-electron chi connectivity index (χ4n) is 4.68. The molecule has 0 unspecified atom stereocenters. The van der Waals surface area contributed by atoms with E-state index in [1.165, 1.54) is 11.1 Å². The first-order chi connectivity index (χ1) is 12.0. The number of hydrogen-bond donors (Lipinski definition) is 0. The summed E-state index contributed by atoms with van der Waals surface area (Å²) >= 11 is 0. The third-order valence-electron chi connectivity index (χ3n) is 6.16. The van der Waals surface area contributed by atoms with Crippen molar-refractivity contribution >= 4 is 11.7 Å². The number of carbonyl (C=O) groups is 2. The van der Waals surface area contributed by atoms with Crippen LogP contribution in [-0.4, -0.2) is 29.7 Å². The van der Waals surface area contributed by atoms with Gasteiger partial charge in [0.25, 0.3) is 0 Å². The second kappa shape index (κ2) is 5.83. The zero-order chi connectivity index (χ0) is 17.6. The molecule has 1 fully saturated rings. The van der Waals surface area contributed by atoms with E-state index in [1.54, 1.807) is 0 Å². The van der Waals surface area contributed by atoms with Crippen LogP contribution in [0, 0.1) is 0 Å². The molecule has 0 saturated carbocycles. The van der Waals surface area contributed by atoms with E-state index in [2.05, 4.69) is 19.1 Å². The molecule has 128 valence electrons. The highest BCUT2D eigenvalue weighted by Gasteiger charge is 2.46. The standard InChI is InChI=1S/C22H23NO2/c1-22-13-12-20(24)23(2)19(22)11-9-16-14-17(8-10-18(16)22)21(25)15-6-4-3-5-7-15/h3-8,10,14,19H,9,11-13H2,1-2H3/t19-,22-/m1/s1. The Kier molecular flexibility index (Phi) is 3.75. The van der Waals surface area contributed by atoms with Gasteiger partial charge in [-0.05, 0) is 36.5 Å². The van der Waals surface area contributed by atoms with Gasteiger partial charge in [-0.2, -0.15) is 0 Å². The number of piperidine rings is 1. The average Bonchev–Trinajstić information content (AvgIpc) is 2.65. The molecule has 0 aromatic heterocycles. The van der Waals surface area contributed by atoms with Gasteiger partial charge in [0.2, 0.25) is 5.91 Å². The summed E-state index contributed by atoms with van der Waals surface area (Å²) in [5.41, 5.74) is 4.05. The smallest absolute Gasteiger partial charge is 0.222 e. The Morgan fingerprint density at radius 1 is 1.08 bits per heavy atom. The summed E-state index contributed by atoms with van der Waals surface area (Å²) in [5.74, 6) is 0.327. The highest BCUT2D eigenvalue weighted by Crippen LogP contribution is 2.45. The molecule has 3 heteroatoms. The van der Waals surface area contributed by atoms with Gasteiger partial charge in [-0.1, -0.05) is 49.4 Å². The summed E-state index contributed by atoms with van der Waals surface area (Å²) in [6, 6.07) is 15.9. The summed E-state index contributed by atoms with van der Waals surface area (Å²) in [6.45, 7) is 2.28. The van der Waals surface area contributed by atoms with Gasteiger partial charge < -0.3 is 4.90 Å². The maximum absolute atomic E-state index is 12.7. The second-order valence-corrected chi connectivity index (χ2v) is 7.54. The van der Waals surface area contributed by atoms with Crippen molar-refractivity contribution in [1.82, 2.24) is 4.90 Å². The molecule has 0 bridgehead atoms. The van der Waals surface area contributed by atoms with Crippen LogP contribution >= 0.6 is 0 Å². The molecule has 1 aliphatic carbocycles. The van der Waals surface area contributed by atoms with E-state index < -0.39 is 0 Å². The Morgan fingerprint density at radius 2 is 1.84 bits per heavy atom. The quantitative estimate of drug-likeness (QED) is 0.785. The molecule has 1 saturated heterocycles. The molecule has 3 nitrogen and oxygen atoms in total. The third-order valence-corrected chi connectivity index (χ3v) is 6.16. The molecule has 1 amide bonds. The lowest BCUT2D eigenvalue weighted by Crippen LogP contribution is -2.56. The molecule has 0 spiro atoms. The second-order valence-electron chi connectivity index (χ2n) is 7.54. The van der Waals surface area contributed by atoms with Crippen LogP contribution in [0.15, 0.2) is 48.5 Å². The van der Waals surface area contributed by atoms with Gasteiger partial charge in [0, 0.05) is 36.1 Å². The van der Waals surface area contributed by atoms with Crippen molar-refractivity contribution in [3.63, 3.8) is 0 Å². The Hall–Kier alpha value is -2.42. The van der Waals surface area contributed by atoms with E-state index in [-0.39, 0.29) is 23.1 Å². The topological polar surface area (TPSA) is 37.4 Å². The minimum Gasteiger partial charge on any atom is -0.342 e. The average molecular weight is 333 g/mol. The van der Waals surface area contributed by atoms with E-state index in [4.69, 9.17) is 0 Å². The van der Waals surface area contributed by atoms with Crippen LogP contribution in [0.1, 0.15) is 53.2 Å². The number of ketones is 1. The lowest BCUT2D eigenvalue weighted by Gasteiger charge is -2.50. The maximum Gasteiger partial charge on any atom is 0.222 e. The van der Waals surface area contributed by atoms with Crippen molar-refractivity contribution in [2.75, 3.05) is 7.05 Å². The normalized spacial score (nSPS) is 25.3. The van der Waals surface area contributed by atoms with E-state index in [1.807, 2.05) is 48.3 Å². The van der Waals surface area contributed by atoms with E-state index in [9.17, 15) is 9.59 Å². The Bertz CT molecular complexity index is 842. The summed E-state index contributed by atoms with van der Waals surface area (Å²) in [4.78, 5) is 26.8. The van der Waals surface area contributed by atoms with Crippen molar-refractivity contribution in [2.45, 2.75) is 44.1 Å². The number of amides is 1. The molecule has 2 aliphatic rings. The molecule has 0 radical (unpaired) electrons. The Morgan fingerprint density at radius 3 is 2.60 bits per heavy atom. The molecule has 2 aromatic carbocycles. The fourth-order valence-corrected chi connectivity index (χ4v) is 4.68. The van der Waals surface area contributed by atoms with Gasteiger partial charge >= 0.3 is 0 Å². The maximum atomic E-state index is 12.7. The van der Waals surface area contributed by atoms with Gasteiger partial charge in [-0.25, -0.2) is 0 Å². The predicted octanol–water partition coefficient (Wildman–Crippen LogP) is 3.74. The van der Waals surface area contributed by atoms with Crippen LogP contribution < -0.4 is 0 Å². The number of likely N-dealkylation sites (N-methyl/N-ethyl adjacent to an activating group) is 1. The number of nitrogens with zero attached hydrogens (tertiary/aromatic N) is 1. The van der Waals surface area contributed by atoms with E-state index >= 15 is 0 Å². The first-order valence-corrected chi connectivity index (χ1v) is 8.99. The SMILES string of the molecule is CN1C(=O)CC[C@]2(C)c3ccc(C(=O)c4ccccc4)cc3CC[C@@H]12. The number of aryl methyl sites for hydroxylation is 1. The van der Waals surface area contributed by atoms with Crippen LogP contribution in [0.2, 0.25) is 0 Å². The van der Waals surface area contributed by atoms with Gasteiger partial charge in [0.15, 0.2) is 5.78 Å². The zero-order valence-electron chi connectivity index (χ0n) is 14.8. The first kappa shape index (κ1) is 16.1. The lowest BCUT2D eigenvalue weighted by molar-refractivity contribution is -0.138. The van der Waals surface area contributed by atoms with Crippen LogP contribution in [-0.2, 0) is 16.6 Å². The molecule has 25 heavy (non-hydrogen) atoms. The van der Waals surface area contributed by atoms with Gasteiger partial charge in [0.05, 0.1) is 0 Å². The summed E-state index contributed by atoms with van der Waals surface area (Å²) < 4.78 is 0. The van der Waals surface area contributed by atoms with Gasteiger partial charge in [0.1, 0.15) is 0 Å². The van der Waals surface area contributed by atoms with Crippen LogP contribution in [0.5, 0.6) is 0 Å². The van der Waals surface area contributed by atoms with Crippen molar-refractivity contribution in [1.29, 1.82) is 0 Å². The molecule has 2 atom stereocenters. The molecule has 1 aliphatic heterocycles. The van der Waals surface area contributed by atoms with E-state index in [0.29, 0.717) is 6.42 Å². The van der Waals surface area contributed by atoms with Crippen molar-refractivity contribution in [2.24, 2.45) is 0 Å². The number of likely N-dealkylation sites (tertiary alicyclic amines) is 1. The number of hydrogen-bond acceptors (Lipinski definition) is 2. The summed E-state index contributed by atoms with van der Waals surface area (Å²) in [5, 5.41) is 0. The minimum absolute atomic E-state index is 0.00936. The Labute approximate surface area is 148 Å². The largest absolute Gasteiger partial charge is 0.342 e. The minimum atomic E-state index is -0.00936. The van der Waals surface area contributed by atoms with Crippen molar-refractivity contribution < 1.29 is 9.59 Å². The summed E-state index contributed by atoms with van der Waals surface area (Å²) in [6.07, 6.45) is 3.38. The Balaban J connectivity index is 1.71. The monoisotopic (exact) mass is 333 g/mol. The molecular weight excluding hydrogens is 310 g/mol. The predicted molar refractivity (Wildman–Crippen MR) is 97.8 cm³/mol. The van der Waals surface area contributed by atoms with Gasteiger partial charge in [-0.15, -0.1) is 0 Å². The third kappa shape index (κ3) is 2.50.